The van der Waals surface area contributed by atoms with E-state index in [1.54, 1.807) is 7.05 Å². The van der Waals surface area contributed by atoms with Crippen molar-refractivity contribution in [1.82, 2.24) is 4.90 Å². The number of carboxylic acids is 1. The number of ether oxygens (including phenoxy) is 1. The lowest BCUT2D eigenvalue weighted by atomic mass is 10.2. The molecule has 1 aromatic carbocycles. The zero-order valence-corrected chi connectivity index (χ0v) is 11.7. The second kappa shape index (κ2) is 6.11. The van der Waals surface area contributed by atoms with E-state index in [0.717, 1.165) is 6.42 Å². The van der Waals surface area contributed by atoms with Crippen molar-refractivity contribution >= 4 is 29.3 Å². The molecule has 1 heterocycles. The van der Waals surface area contributed by atoms with Crippen LogP contribution in [0, 0.1) is 0 Å². The van der Waals surface area contributed by atoms with Crippen molar-refractivity contribution in [1.29, 1.82) is 0 Å². The van der Waals surface area contributed by atoms with E-state index >= 15 is 0 Å². The highest BCUT2D eigenvalue weighted by atomic mass is 35.5. The van der Waals surface area contributed by atoms with Gasteiger partial charge in [-0.3, -0.25) is 0 Å². The van der Waals surface area contributed by atoms with Gasteiger partial charge in [0.1, 0.15) is 0 Å². The molecule has 2 amide bonds. The molecule has 0 radical (unpaired) electrons. The fourth-order valence-electron chi connectivity index (χ4n) is 2.00. The summed E-state index contributed by atoms with van der Waals surface area (Å²) in [5.74, 6) is -1.12. The fourth-order valence-corrected chi connectivity index (χ4v) is 2.18. The van der Waals surface area contributed by atoms with E-state index in [1.807, 2.05) is 0 Å². The summed E-state index contributed by atoms with van der Waals surface area (Å²) < 4.78 is 5.22. The minimum atomic E-state index is -1.12. The number of carbonyl (C=O) groups is 2. The Morgan fingerprint density at radius 2 is 2.25 bits per heavy atom. The van der Waals surface area contributed by atoms with E-state index in [0.29, 0.717) is 18.2 Å². The van der Waals surface area contributed by atoms with E-state index in [9.17, 15) is 9.59 Å². The molecule has 0 spiro atoms. The van der Waals surface area contributed by atoms with Gasteiger partial charge in [0.25, 0.3) is 0 Å². The van der Waals surface area contributed by atoms with Crippen LogP contribution in [0.1, 0.15) is 16.8 Å². The molecule has 1 saturated heterocycles. The number of nitrogens with zero attached hydrogens (tertiary/aromatic N) is 1. The van der Waals surface area contributed by atoms with Gasteiger partial charge in [-0.15, -0.1) is 0 Å². The summed E-state index contributed by atoms with van der Waals surface area (Å²) in [6.07, 6.45) is 0.769. The molecule has 1 aliphatic rings. The molecule has 20 heavy (non-hydrogen) atoms. The molecule has 0 bridgehead atoms. The molecule has 1 atom stereocenters. The van der Waals surface area contributed by atoms with E-state index in [2.05, 4.69) is 5.32 Å². The van der Waals surface area contributed by atoms with Crippen LogP contribution >= 0.6 is 11.6 Å². The molecular formula is C13H15ClN2O4. The Kier molecular flexibility index (Phi) is 4.46. The number of aromatic carboxylic acids is 1. The van der Waals surface area contributed by atoms with Gasteiger partial charge >= 0.3 is 12.0 Å². The van der Waals surface area contributed by atoms with Gasteiger partial charge < -0.3 is 20.1 Å². The maximum Gasteiger partial charge on any atom is 0.337 e. The summed E-state index contributed by atoms with van der Waals surface area (Å²) in [4.78, 5) is 24.7. The first-order valence-electron chi connectivity index (χ1n) is 6.13. The summed E-state index contributed by atoms with van der Waals surface area (Å²) in [6, 6.07) is 3.86. The van der Waals surface area contributed by atoms with E-state index in [4.69, 9.17) is 21.4 Å². The van der Waals surface area contributed by atoms with Crippen molar-refractivity contribution < 1.29 is 19.4 Å². The van der Waals surface area contributed by atoms with Crippen LogP contribution in [0.4, 0.5) is 10.5 Å². The predicted octanol–water partition coefficient (Wildman–Crippen LogP) is 2.29. The van der Waals surface area contributed by atoms with Crippen LogP contribution in [-0.4, -0.2) is 48.3 Å². The molecule has 1 aromatic rings. The number of rotatable bonds is 3. The number of anilines is 1. The summed E-state index contributed by atoms with van der Waals surface area (Å²) in [5.41, 5.74) is 0.180. The molecule has 1 unspecified atom stereocenters. The first kappa shape index (κ1) is 14.6. The highest BCUT2D eigenvalue weighted by Gasteiger charge is 2.25. The lowest BCUT2D eigenvalue weighted by molar-refractivity contribution is 0.0698. The maximum atomic E-state index is 12.1. The van der Waals surface area contributed by atoms with Gasteiger partial charge in [-0.1, -0.05) is 11.6 Å². The highest BCUT2D eigenvalue weighted by molar-refractivity contribution is 6.31. The normalized spacial score (nSPS) is 17.8. The first-order chi connectivity index (χ1) is 9.49. The predicted molar refractivity (Wildman–Crippen MR) is 74.4 cm³/mol. The smallest absolute Gasteiger partial charge is 0.337 e. The van der Waals surface area contributed by atoms with Gasteiger partial charge in [-0.2, -0.15) is 0 Å². The summed E-state index contributed by atoms with van der Waals surface area (Å²) >= 11 is 5.83. The SMILES string of the molecule is CN(C(=O)Nc1cc(Cl)ccc1C(=O)O)C1CCOC1. The zero-order valence-electron chi connectivity index (χ0n) is 10.9. The number of urea groups is 1. The number of likely N-dealkylation sites (N-methyl/N-ethyl adjacent to an activating group) is 1. The number of nitrogens with one attached hydrogen (secondary N) is 1. The van der Waals surface area contributed by atoms with E-state index in [-0.39, 0.29) is 23.3 Å². The second-order valence-electron chi connectivity index (χ2n) is 4.55. The highest BCUT2D eigenvalue weighted by Crippen LogP contribution is 2.22. The van der Waals surface area contributed by atoms with Crippen LogP contribution in [0.15, 0.2) is 18.2 Å². The Labute approximate surface area is 121 Å². The molecule has 6 nitrogen and oxygen atoms in total. The van der Waals surface area contributed by atoms with Crippen LogP contribution in [0.5, 0.6) is 0 Å². The fraction of sp³-hybridized carbons (Fsp3) is 0.385. The van der Waals surface area contributed by atoms with Gasteiger partial charge in [-0.25, -0.2) is 9.59 Å². The second-order valence-corrected chi connectivity index (χ2v) is 4.99. The Morgan fingerprint density at radius 3 is 2.85 bits per heavy atom. The van der Waals surface area contributed by atoms with Crippen LogP contribution in [0.25, 0.3) is 0 Å². The quantitative estimate of drug-likeness (QED) is 0.897. The van der Waals surface area contributed by atoms with Crippen LogP contribution in [0.2, 0.25) is 5.02 Å². The molecule has 108 valence electrons. The third kappa shape index (κ3) is 3.20. The molecule has 1 fully saturated rings. The zero-order chi connectivity index (χ0) is 14.7. The third-order valence-electron chi connectivity index (χ3n) is 3.23. The maximum absolute atomic E-state index is 12.1. The summed E-state index contributed by atoms with van der Waals surface area (Å²) in [7, 11) is 1.65. The number of amides is 2. The minimum Gasteiger partial charge on any atom is -0.478 e. The summed E-state index contributed by atoms with van der Waals surface area (Å²) in [5, 5.41) is 12.0. The average Bonchev–Trinajstić information content (AvgIpc) is 2.91. The van der Waals surface area contributed by atoms with Crippen LogP contribution in [0.3, 0.4) is 0 Å². The van der Waals surface area contributed by atoms with Crippen molar-refractivity contribution in [3.8, 4) is 0 Å². The number of carbonyl (C=O) groups excluding carboxylic acids is 1. The molecule has 2 rings (SSSR count). The number of halogens is 1. The first-order valence-corrected chi connectivity index (χ1v) is 6.51. The van der Waals surface area contributed by atoms with Crippen molar-refractivity contribution in [2.75, 3.05) is 25.6 Å². The van der Waals surface area contributed by atoms with Gasteiger partial charge in [0.2, 0.25) is 0 Å². The van der Waals surface area contributed by atoms with Gasteiger partial charge in [0, 0.05) is 18.7 Å². The van der Waals surface area contributed by atoms with Gasteiger partial charge in [0.05, 0.1) is 23.9 Å². The van der Waals surface area contributed by atoms with E-state index in [1.165, 1.54) is 23.1 Å². The van der Waals surface area contributed by atoms with Crippen LogP contribution in [-0.2, 0) is 4.74 Å². The third-order valence-corrected chi connectivity index (χ3v) is 3.46. The standard InChI is InChI=1S/C13H15ClN2O4/c1-16(9-4-5-20-7-9)13(19)15-11-6-8(14)2-3-10(11)12(17)18/h2-3,6,9H,4-5,7H2,1H3,(H,15,19)(H,17,18). The Balaban J connectivity index is 2.14. The average molecular weight is 299 g/mol. The number of hydrogen-bond acceptors (Lipinski definition) is 3. The molecule has 1 aliphatic heterocycles. The summed E-state index contributed by atoms with van der Waals surface area (Å²) in [6.45, 7) is 1.12. The molecular weight excluding hydrogens is 284 g/mol. The van der Waals surface area contributed by atoms with E-state index < -0.39 is 5.97 Å². The number of benzene rings is 1. The van der Waals surface area contributed by atoms with Crippen molar-refractivity contribution in [3.05, 3.63) is 28.8 Å². The molecule has 0 aromatic heterocycles. The van der Waals surface area contributed by atoms with Gasteiger partial charge in [0.15, 0.2) is 0 Å². The molecule has 2 N–H and O–H groups in total. The monoisotopic (exact) mass is 298 g/mol. The molecule has 0 saturated carbocycles. The Hall–Kier alpha value is -1.79. The van der Waals surface area contributed by atoms with Crippen molar-refractivity contribution in [2.45, 2.75) is 12.5 Å². The molecule has 0 aliphatic carbocycles. The Bertz CT molecular complexity index is 529. The Morgan fingerprint density at radius 1 is 1.50 bits per heavy atom. The topological polar surface area (TPSA) is 78.9 Å². The van der Waals surface area contributed by atoms with Crippen molar-refractivity contribution in [3.63, 3.8) is 0 Å². The van der Waals surface area contributed by atoms with Crippen LogP contribution < -0.4 is 5.32 Å². The largest absolute Gasteiger partial charge is 0.478 e. The molecule has 7 heteroatoms. The number of carboxylic acid groups (broad SMARTS) is 1. The number of hydrogen-bond donors (Lipinski definition) is 2. The van der Waals surface area contributed by atoms with Crippen molar-refractivity contribution in [2.24, 2.45) is 0 Å². The van der Waals surface area contributed by atoms with Gasteiger partial charge in [-0.05, 0) is 24.6 Å². The lowest BCUT2D eigenvalue weighted by Crippen LogP contribution is -2.40. The minimum absolute atomic E-state index is 0.00109. The lowest BCUT2D eigenvalue weighted by Gasteiger charge is -2.23.